The van der Waals surface area contributed by atoms with Crippen molar-refractivity contribution in [1.82, 2.24) is 5.32 Å². The minimum absolute atomic E-state index is 0.0433. The Kier molecular flexibility index (Phi) is 8.34. The Hall–Kier alpha value is -3.02. The number of amides is 1. The summed E-state index contributed by atoms with van der Waals surface area (Å²) in [6, 6.07) is 15.4. The molecular weight excluding hydrogens is 358 g/mol. The van der Waals surface area contributed by atoms with Gasteiger partial charge in [0.15, 0.2) is 18.1 Å². The molecule has 1 N–H and O–H groups in total. The van der Waals surface area contributed by atoms with Crippen LogP contribution in [0.1, 0.15) is 30.4 Å². The second kappa shape index (κ2) is 11.0. The summed E-state index contributed by atoms with van der Waals surface area (Å²) in [7, 11) is 3.16. The molecule has 0 fully saturated rings. The van der Waals surface area contributed by atoms with Crippen LogP contribution >= 0.6 is 0 Å². The molecule has 28 heavy (non-hydrogen) atoms. The summed E-state index contributed by atoms with van der Waals surface area (Å²) < 4.78 is 15.5. The third kappa shape index (κ3) is 6.61. The maximum absolute atomic E-state index is 11.9. The number of esters is 1. The molecular formula is C22H27NO5. The van der Waals surface area contributed by atoms with Crippen molar-refractivity contribution in [2.75, 3.05) is 27.4 Å². The number of hydrogen-bond donors (Lipinski definition) is 1. The SMILES string of the molecule is COc1ccc(CCNC(=O)COC(=O)CC(C)c2ccccc2)cc1OC. The second-order valence-corrected chi connectivity index (χ2v) is 6.47. The Bertz CT molecular complexity index is 776. The third-order valence-electron chi connectivity index (χ3n) is 4.39. The Balaban J connectivity index is 1.69. The van der Waals surface area contributed by atoms with Crippen LogP contribution in [-0.4, -0.2) is 39.2 Å². The van der Waals surface area contributed by atoms with Gasteiger partial charge in [-0.15, -0.1) is 0 Å². The lowest BCUT2D eigenvalue weighted by atomic mass is 9.98. The van der Waals surface area contributed by atoms with Crippen molar-refractivity contribution in [2.45, 2.75) is 25.7 Å². The number of benzene rings is 2. The lowest BCUT2D eigenvalue weighted by molar-refractivity contribution is -0.148. The van der Waals surface area contributed by atoms with Crippen molar-refractivity contribution in [3.8, 4) is 11.5 Å². The van der Waals surface area contributed by atoms with Crippen molar-refractivity contribution < 1.29 is 23.8 Å². The Morgan fingerprint density at radius 1 is 1.00 bits per heavy atom. The van der Waals surface area contributed by atoms with E-state index in [-0.39, 0.29) is 30.8 Å². The maximum atomic E-state index is 11.9. The molecule has 1 atom stereocenters. The fourth-order valence-electron chi connectivity index (χ4n) is 2.79. The van der Waals surface area contributed by atoms with Crippen LogP contribution in [0.2, 0.25) is 0 Å². The van der Waals surface area contributed by atoms with Gasteiger partial charge in [0.1, 0.15) is 0 Å². The molecule has 2 aromatic carbocycles. The first-order chi connectivity index (χ1) is 13.5. The monoisotopic (exact) mass is 385 g/mol. The van der Waals surface area contributed by atoms with Gasteiger partial charge in [0, 0.05) is 6.54 Å². The quantitative estimate of drug-likeness (QED) is 0.636. The lowest BCUT2D eigenvalue weighted by Crippen LogP contribution is -2.30. The third-order valence-corrected chi connectivity index (χ3v) is 4.39. The molecule has 0 bridgehead atoms. The molecule has 2 aromatic rings. The van der Waals surface area contributed by atoms with Crippen LogP contribution in [0, 0.1) is 0 Å². The topological polar surface area (TPSA) is 73.9 Å². The molecule has 0 radical (unpaired) electrons. The average molecular weight is 385 g/mol. The number of methoxy groups -OCH3 is 2. The van der Waals surface area contributed by atoms with Crippen LogP contribution < -0.4 is 14.8 Å². The lowest BCUT2D eigenvalue weighted by Gasteiger charge is -2.12. The maximum Gasteiger partial charge on any atom is 0.306 e. The molecule has 1 amide bonds. The Morgan fingerprint density at radius 2 is 1.71 bits per heavy atom. The molecule has 2 rings (SSSR count). The Morgan fingerprint density at radius 3 is 2.39 bits per heavy atom. The van der Waals surface area contributed by atoms with E-state index in [0.29, 0.717) is 24.5 Å². The highest BCUT2D eigenvalue weighted by Gasteiger charge is 2.13. The predicted octanol–water partition coefficient (Wildman–Crippen LogP) is 3.10. The molecule has 1 unspecified atom stereocenters. The van der Waals surface area contributed by atoms with Crippen LogP contribution in [0.15, 0.2) is 48.5 Å². The van der Waals surface area contributed by atoms with Gasteiger partial charge in [0.2, 0.25) is 0 Å². The molecule has 0 saturated heterocycles. The molecule has 150 valence electrons. The van der Waals surface area contributed by atoms with E-state index in [9.17, 15) is 9.59 Å². The highest BCUT2D eigenvalue weighted by atomic mass is 16.5. The highest BCUT2D eigenvalue weighted by molar-refractivity contribution is 5.80. The van der Waals surface area contributed by atoms with Crippen LogP contribution in [-0.2, 0) is 20.7 Å². The summed E-state index contributed by atoms with van der Waals surface area (Å²) in [4.78, 5) is 23.8. The predicted molar refractivity (Wildman–Crippen MR) is 107 cm³/mol. The summed E-state index contributed by atoms with van der Waals surface area (Å²) in [5.74, 6) is 0.647. The number of rotatable bonds is 10. The van der Waals surface area contributed by atoms with Crippen molar-refractivity contribution >= 4 is 11.9 Å². The van der Waals surface area contributed by atoms with E-state index in [0.717, 1.165) is 11.1 Å². The van der Waals surface area contributed by atoms with E-state index < -0.39 is 0 Å². The first-order valence-electron chi connectivity index (χ1n) is 9.21. The normalized spacial score (nSPS) is 11.4. The van der Waals surface area contributed by atoms with Gasteiger partial charge in [-0.2, -0.15) is 0 Å². The molecule has 0 aromatic heterocycles. The first-order valence-corrected chi connectivity index (χ1v) is 9.21. The average Bonchev–Trinajstić information content (AvgIpc) is 2.72. The first kappa shape index (κ1) is 21.3. The number of carbonyl (C=O) groups excluding carboxylic acids is 2. The summed E-state index contributed by atoms with van der Waals surface area (Å²) in [5, 5.41) is 2.75. The van der Waals surface area contributed by atoms with Gasteiger partial charge in [0.25, 0.3) is 5.91 Å². The molecule has 0 aliphatic carbocycles. The van der Waals surface area contributed by atoms with E-state index in [4.69, 9.17) is 14.2 Å². The Labute approximate surface area is 165 Å². The molecule has 0 saturated carbocycles. The minimum atomic E-state index is -0.383. The van der Waals surface area contributed by atoms with Crippen molar-refractivity contribution in [3.63, 3.8) is 0 Å². The van der Waals surface area contributed by atoms with Crippen molar-refractivity contribution in [1.29, 1.82) is 0 Å². The highest BCUT2D eigenvalue weighted by Crippen LogP contribution is 2.27. The van der Waals surface area contributed by atoms with Gasteiger partial charge >= 0.3 is 5.97 Å². The van der Waals surface area contributed by atoms with Crippen LogP contribution in [0.25, 0.3) is 0 Å². The van der Waals surface area contributed by atoms with E-state index in [1.807, 2.05) is 55.5 Å². The van der Waals surface area contributed by atoms with Gasteiger partial charge < -0.3 is 19.5 Å². The largest absolute Gasteiger partial charge is 0.493 e. The van der Waals surface area contributed by atoms with Crippen LogP contribution in [0.4, 0.5) is 0 Å². The van der Waals surface area contributed by atoms with Crippen molar-refractivity contribution in [3.05, 3.63) is 59.7 Å². The van der Waals surface area contributed by atoms with Crippen molar-refractivity contribution in [2.24, 2.45) is 0 Å². The fourth-order valence-corrected chi connectivity index (χ4v) is 2.79. The zero-order valence-corrected chi connectivity index (χ0v) is 16.6. The molecule has 0 spiro atoms. The minimum Gasteiger partial charge on any atom is -0.493 e. The zero-order chi connectivity index (χ0) is 20.4. The van der Waals surface area contributed by atoms with E-state index in [1.54, 1.807) is 14.2 Å². The zero-order valence-electron chi connectivity index (χ0n) is 16.6. The van der Waals surface area contributed by atoms with Crippen LogP contribution in [0.3, 0.4) is 0 Å². The molecule has 0 heterocycles. The molecule has 0 aliphatic heterocycles. The smallest absolute Gasteiger partial charge is 0.306 e. The fraction of sp³-hybridized carbons (Fsp3) is 0.364. The standard InChI is InChI=1S/C22H27NO5/c1-16(18-7-5-4-6-8-18)13-22(25)28-15-21(24)23-12-11-17-9-10-19(26-2)20(14-17)27-3/h4-10,14,16H,11-13,15H2,1-3H3,(H,23,24). The second-order valence-electron chi connectivity index (χ2n) is 6.47. The molecule has 6 nitrogen and oxygen atoms in total. The van der Waals surface area contributed by atoms with E-state index in [1.165, 1.54) is 0 Å². The summed E-state index contributed by atoms with van der Waals surface area (Å²) in [6.45, 7) is 2.12. The summed E-state index contributed by atoms with van der Waals surface area (Å²) in [5.41, 5.74) is 2.07. The van der Waals surface area contributed by atoms with Gasteiger partial charge in [0.05, 0.1) is 20.6 Å². The molecule has 6 heteroatoms. The number of carbonyl (C=O) groups is 2. The summed E-state index contributed by atoms with van der Waals surface area (Å²) >= 11 is 0. The number of ether oxygens (including phenoxy) is 3. The van der Waals surface area contributed by atoms with Crippen LogP contribution in [0.5, 0.6) is 11.5 Å². The number of nitrogens with one attached hydrogen (secondary N) is 1. The number of hydrogen-bond acceptors (Lipinski definition) is 5. The van der Waals surface area contributed by atoms with Gasteiger partial charge in [-0.3, -0.25) is 9.59 Å². The molecule has 0 aliphatic rings. The van der Waals surface area contributed by atoms with Gasteiger partial charge in [-0.25, -0.2) is 0 Å². The summed E-state index contributed by atoms with van der Waals surface area (Å²) in [6.07, 6.45) is 0.869. The van der Waals surface area contributed by atoms with Gasteiger partial charge in [-0.1, -0.05) is 43.3 Å². The van der Waals surface area contributed by atoms with Gasteiger partial charge in [-0.05, 0) is 35.6 Å². The van der Waals surface area contributed by atoms with E-state index >= 15 is 0 Å². The van der Waals surface area contributed by atoms with E-state index in [2.05, 4.69) is 5.32 Å².